The first-order chi connectivity index (χ1) is 35.1. The maximum Gasteiger partial charge on any atom is 0.425 e. The molecule has 0 saturated heterocycles. The van der Waals surface area contributed by atoms with Crippen molar-refractivity contribution in [3.05, 3.63) is 99.2 Å². The third-order valence-electron chi connectivity index (χ3n) is 12.1. The van der Waals surface area contributed by atoms with Gasteiger partial charge in [0.05, 0.1) is 21.1 Å². The summed E-state index contributed by atoms with van der Waals surface area (Å²) in [5.74, 6) is 0.902. The summed E-state index contributed by atoms with van der Waals surface area (Å²) in [6.45, 7) is 19.3. The van der Waals surface area contributed by atoms with Crippen molar-refractivity contribution in [2.75, 3.05) is 46.6 Å². The number of aromatic nitrogens is 3. The van der Waals surface area contributed by atoms with Crippen LogP contribution in [0.15, 0.2) is 103 Å². The van der Waals surface area contributed by atoms with Crippen LogP contribution in [0, 0.1) is 10.8 Å². The van der Waals surface area contributed by atoms with E-state index in [0.29, 0.717) is 45.1 Å². The van der Waals surface area contributed by atoms with Crippen LogP contribution in [0.4, 0.5) is 56.0 Å². The number of Topliss-reactive ketones (excluding diaryl/α,β-unsaturated/α-hetero) is 2. The lowest BCUT2D eigenvalue weighted by Gasteiger charge is -2.28. The standard InChI is InChI=1S/C50H57N11O5S4.O3S/c1-9-60(10-2)32-18-20-35(56-58-41-22-31-25-49(5,6)27-39(62)42(31)68-41)37(23-32)51-46-53-47(55-48(54-46)67-29-30-16-14-13-15-17-30)52-38-24-33(61(11-3)12-4)19-21-36(38)57-59-45-44(70(64,65)66)34-26-50(7,8)28-40(63)43(34)69-45;1-4(2)3/h13-24H,9-12,25-29H2,1-8H3,(H,64,65,66)(H2,51,52,53,54,55);. The number of hydrogen-bond acceptors (Lipinski definition) is 21. The fourth-order valence-electron chi connectivity index (χ4n) is 8.83. The summed E-state index contributed by atoms with van der Waals surface area (Å²) >= 11 is 3.71. The number of rotatable bonds is 18. The number of thioether (sulfide) groups is 1. The number of nitrogens with one attached hydrogen (secondary N) is 2. The summed E-state index contributed by atoms with van der Waals surface area (Å²) in [7, 11) is -7.89. The first-order valence-corrected chi connectivity index (χ1v) is 28.8. The van der Waals surface area contributed by atoms with Gasteiger partial charge >= 0.3 is 10.6 Å². The van der Waals surface area contributed by atoms with Gasteiger partial charge in [0.2, 0.25) is 11.9 Å². The number of thiophene rings is 2. The highest BCUT2D eigenvalue weighted by Crippen LogP contribution is 2.48. The second kappa shape index (κ2) is 23.5. The van der Waals surface area contributed by atoms with E-state index >= 15 is 0 Å². The third-order valence-corrected chi connectivity index (χ3v) is 16.4. The Morgan fingerprint density at radius 2 is 1.19 bits per heavy atom. The minimum absolute atomic E-state index is 0.0837. The average molecular weight is 1100 g/mol. The van der Waals surface area contributed by atoms with Gasteiger partial charge < -0.3 is 20.4 Å². The predicted molar refractivity (Wildman–Crippen MR) is 292 cm³/mol. The van der Waals surface area contributed by atoms with E-state index in [1.54, 1.807) is 6.07 Å². The highest BCUT2D eigenvalue weighted by molar-refractivity contribution is 7.98. The Hall–Kier alpha value is -6.31. The Kier molecular flexibility index (Phi) is 17.6. The smallest absolute Gasteiger partial charge is 0.372 e. The van der Waals surface area contributed by atoms with Crippen LogP contribution in [0.2, 0.25) is 0 Å². The van der Waals surface area contributed by atoms with Crippen LogP contribution >= 0.6 is 34.4 Å². The first kappa shape index (κ1) is 55.4. The molecule has 6 aromatic rings. The molecule has 2 aliphatic rings. The number of ketones is 2. The zero-order valence-corrected chi connectivity index (χ0v) is 46.2. The molecule has 74 heavy (non-hydrogen) atoms. The Balaban J connectivity index is 0.00000193. The summed E-state index contributed by atoms with van der Waals surface area (Å²) in [4.78, 5) is 45.9. The topological polar surface area (TPSA) is 258 Å². The molecule has 3 heterocycles. The molecule has 0 unspecified atom stereocenters. The Morgan fingerprint density at radius 1 is 0.676 bits per heavy atom. The molecule has 0 fully saturated rings. The third kappa shape index (κ3) is 13.9. The van der Waals surface area contributed by atoms with Crippen molar-refractivity contribution in [3.63, 3.8) is 0 Å². The zero-order chi connectivity index (χ0) is 53.5. The lowest BCUT2D eigenvalue weighted by atomic mass is 9.76. The summed E-state index contributed by atoms with van der Waals surface area (Å²) in [6.07, 6.45) is 1.81. The summed E-state index contributed by atoms with van der Waals surface area (Å²) in [5.41, 5.74) is 5.45. The zero-order valence-electron chi connectivity index (χ0n) is 42.2. The lowest BCUT2D eigenvalue weighted by molar-refractivity contribution is 0.0907. The molecule has 0 saturated carbocycles. The second-order valence-corrected chi connectivity index (χ2v) is 23.7. The van der Waals surface area contributed by atoms with Gasteiger partial charge in [-0.3, -0.25) is 14.1 Å². The van der Waals surface area contributed by atoms with Crippen molar-refractivity contribution < 1.29 is 35.2 Å². The number of carbonyl (C=O) groups excluding carboxylic acids is 2. The molecule has 390 valence electrons. The van der Waals surface area contributed by atoms with E-state index < -0.39 is 31.0 Å². The van der Waals surface area contributed by atoms with Gasteiger partial charge in [-0.15, -0.1) is 55.8 Å². The first-order valence-electron chi connectivity index (χ1n) is 23.8. The van der Waals surface area contributed by atoms with Gasteiger partial charge in [-0.2, -0.15) is 23.4 Å². The van der Waals surface area contributed by atoms with Crippen molar-refractivity contribution in [2.45, 2.75) is 96.9 Å². The fourth-order valence-corrected chi connectivity index (χ4v) is 12.8. The number of azo groups is 2. The van der Waals surface area contributed by atoms with E-state index in [2.05, 4.69) is 77.3 Å². The maximum atomic E-state index is 13.2. The second-order valence-electron chi connectivity index (χ2n) is 19.0. The number of nitrogens with zero attached hydrogens (tertiary/aromatic N) is 9. The summed E-state index contributed by atoms with van der Waals surface area (Å²) in [5, 5.41) is 26.1. The van der Waals surface area contributed by atoms with Gasteiger partial charge in [-0.05, 0) is 111 Å². The van der Waals surface area contributed by atoms with E-state index in [9.17, 15) is 22.6 Å². The van der Waals surface area contributed by atoms with Crippen molar-refractivity contribution in [1.29, 1.82) is 0 Å². The molecule has 0 amide bonds. The monoisotopic (exact) mass is 1100 g/mol. The molecule has 0 atom stereocenters. The fraction of sp³-hybridized carbons (Fsp3) is 0.380. The van der Waals surface area contributed by atoms with Crippen LogP contribution in [0.5, 0.6) is 0 Å². The molecule has 24 heteroatoms. The minimum Gasteiger partial charge on any atom is -0.372 e. The Morgan fingerprint density at radius 3 is 1.72 bits per heavy atom. The van der Waals surface area contributed by atoms with Gasteiger partial charge in [-0.25, -0.2) is 0 Å². The molecule has 0 aliphatic heterocycles. The molecule has 3 aromatic carbocycles. The number of fused-ring (bicyclic) bond motifs is 2. The van der Waals surface area contributed by atoms with Crippen LogP contribution < -0.4 is 20.4 Å². The average Bonchev–Trinajstić information content (AvgIpc) is 3.92. The summed E-state index contributed by atoms with van der Waals surface area (Å²) in [6, 6.07) is 23.4. The highest BCUT2D eigenvalue weighted by Gasteiger charge is 2.39. The predicted octanol–water partition coefficient (Wildman–Crippen LogP) is 12.9. The van der Waals surface area contributed by atoms with Gasteiger partial charge in [0, 0.05) is 56.1 Å². The van der Waals surface area contributed by atoms with Gasteiger partial charge in [0.1, 0.15) is 21.3 Å². The molecule has 0 bridgehead atoms. The quantitative estimate of drug-likeness (QED) is 0.0410. The minimum atomic E-state index is -4.77. The lowest BCUT2D eigenvalue weighted by Crippen LogP contribution is -2.26. The van der Waals surface area contributed by atoms with E-state index in [0.717, 1.165) is 71.3 Å². The number of carbonyl (C=O) groups is 2. The molecule has 0 radical (unpaired) electrons. The van der Waals surface area contributed by atoms with Crippen LogP contribution in [0.3, 0.4) is 0 Å². The molecule has 2 aliphatic carbocycles. The van der Waals surface area contributed by atoms with Gasteiger partial charge in [0.15, 0.2) is 21.7 Å². The maximum absolute atomic E-state index is 13.2. The summed E-state index contributed by atoms with van der Waals surface area (Å²) < 4.78 is 61.6. The SMILES string of the molecule is CCN(CC)c1ccc(N=Nc2cc3c(s2)C(=O)CC(C)(C)C3)c(Nc2nc(Nc3cc(N(CC)CC)ccc3N=Nc3sc4c(c3S(=O)(=O)O)CC(C)(C)CC4=O)nc(SCc3ccccc3)n2)c1.O=S(=O)=O. The van der Waals surface area contributed by atoms with Gasteiger partial charge in [0.25, 0.3) is 10.1 Å². The van der Waals surface area contributed by atoms with E-state index in [1.165, 1.54) is 23.1 Å². The molecule has 3 aromatic heterocycles. The van der Waals surface area contributed by atoms with E-state index in [1.807, 2.05) is 80.6 Å². The van der Waals surface area contributed by atoms with Crippen molar-refractivity contribution >= 4 is 123 Å². The molecular weight excluding hydrogens is 1040 g/mol. The van der Waals surface area contributed by atoms with Crippen molar-refractivity contribution in [3.8, 4) is 0 Å². The number of benzene rings is 3. The van der Waals surface area contributed by atoms with Crippen molar-refractivity contribution in [1.82, 2.24) is 15.0 Å². The number of anilines is 6. The molecule has 19 nitrogen and oxygen atoms in total. The van der Waals surface area contributed by atoms with Crippen LogP contribution in [0.25, 0.3) is 0 Å². The van der Waals surface area contributed by atoms with Crippen LogP contribution in [-0.4, -0.2) is 78.3 Å². The molecule has 0 spiro atoms. The van der Waals surface area contributed by atoms with E-state index in [-0.39, 0.29) is 57.2 Å². The van der Waals surface area contributed by atoms with Crippen molar-refractivity contribution in [2.24, 2.45) is 31.3 Å². The largest absolute Gasteiger partial charge is 0.425 e. The molecular formula is C50H57N11O8S5. The normalized spacial score (nSPS) is 14.8. The van der Waals surface area contributed by atoms with E-state index in [4.69, 9.17) is 32.7 Å². The van der Waals surface area contributed by atoms with Crippen LogP contribution in [-0.2, 0) is 39.3 Å². The van der Waals surface area contributed by atoms with Crippen LogP contribution in [0.1, 0.15) is 104 Å². The van der Waals surface area contributed by atoms with Gasteiger partial charge in [-0.1, -0.05) is 69.8 Å². The Bertz CT molecular complexity index is 3350. The Labute approximate surface area is 444 Å². The highest BCUT2D eigenvalue weighted by atomic mass is 32.2. The number of hydrogen-bond donors (Lipinski definition) is 3. The molecule has 8 rings (SSSR count). The molecule has 3 N–H and O–H groups in total.